The summed E-state index contributed by atoms with van der Waals surface area (Å²) in [6.07, 6.45) is 0.723. The first-order valence-electron chi connectivity index (χ1n) is 10.4. The number of thiophene rings is 1. The van der Waals surface area contributed by atoms with E-state index in [9.17, 15) is 13.2 Å². The van der Waals surface area contributed by atoms with Crippen molar-refractivity contribution in [3.63, 3.8) is 0 Å². The quantitative estimate of drug-likeness (QED) is 0.450. The molecule has 0 bridgehead atoms. The third-order valence-corrected chi connectivity index (χ3v) is 7.94. The van der Waals surface area contributed by atoms with E-state index in [4.69, 9.17) is 9.47 Å². The predicted molar refractivity (Wildman–Crippen MR) is 125 cm³/mol. The number of hydrogen-bond acceptors (Lipinski definition) is 7. The Morgan fingerprint density at radius 1 is 1.00 bits per heavy atom. The monoisotopic (exact) mass is 483 g/mol. The number of aromatic amines is 1. The van der Waals surface area contributed by atoms with E-state index in [2.05, 4.69) is 9.97 Å². The molecule has 10 heteroatoms. The molecule has 0 atom stereocenters. The standard InChI is InChI=1S/C23H21N3O5S2/c27-23-22-18(9-12-32-22)24-21(25-23)15-26(14-16-5-2-1-3-6-16)33(28,29)17-7-8-19-20(13-17)31-11-4-10-30-19/h1-3,5-9,12-13H,4,10-11,14-15H2,(H,24,25,27). The molecular weight excluding hydrogens is 462 g/mol. The van der Waals surface area contributed by atoms with Gasteiger partial charge in [-0.25, -0.2) is 13.4 Å². The van der Waals surface area contributed by atoms with Gasteiger partial charge in [0.2, 0.25) is 10.0 Å². The second-order valence-electron chi connectivity index (χ2n) is 7.57. The van der Waals surface area contributed by atoms with Crippen molar-refractivity contribution in [3.8, 4) is 11.5 Å². The van der Waals surface area contributed by atoms with Crippen LogP contribution in [0.5, 0.6) is 11.5 Å². The van der Waals surface area contributed by atoms with Gasteiger partial charge in [0.25, 0.3) is 5.56 Å². The molecule has 0 aliphatic carbocycles. The normalized spacial score (nSPS) is 13.8. The summed E-state index contributed by atoms with van der Waals surface area (Å²) in [5, 5.41) is 1.78. The van der Waals surface area contributed by atoms with Crippen molar-refractivity contribution in [3.05, 3.63) is 81.7 Å². The zero-order valence-electron chi connectivity index (χ0n) is 17.6. The number of nitrogens with one attached hydrogen (secondary N) is 1. The molecule has 0 unspecified atom stereocenters. The lowest BCUT2D eigenvalue weighted by molar-refractivity contribution is 0.296. The number of H-pyrrole nitrogens is 1. The Morgan fingerprint density at radius 2 is 1.79 bits per heavy atom. The minimum absolute atomic E-state index is 0.0849. The Balaban J connectivity index is 1.54. The highest BCUT2D eigenvalue weighted by atomic mass is 32.2. The molecule has 5 rings (SSSR count). The van der Waals surface area contributed by atoms with Crippen LogP contribution in [0, 0.1) is 0 Å². The van der Waals surface area contributed by atoms with Gasteiger partial charge in [0.05, 0.1) is 30.2 Å². The van der Waals surface area contributed by atoms with Crippen molar-refractivity contribution in [2.75, 3.05) is 13.2 Å². The molecule has 4 aromatic rings. The van der Waals surface area contributed by atoms with Crippen LogP contribution in [0.2, 0.25) is 0 Å². The predicted octanol–water partition coefficient (Wildman–Crippen LogP) is 3.54. The number of fused-ring (bicyclic) bond motifs is 2. The Morgan fingerprint density at radius 3 is 2.61 bits per heavy atom. The average molecular weight is 484 g/mol. The van der Waals surface area contributed by atoms with Crippen LogP contribution >= 0.6 is 11.3 Å². The van der Waals surface area contributed by atoms with Crippen molar-refractivity contribution in [1.29, 1.82) is 0 Å². The molecule has 0 amide bonds. The topological polar surface area (TPSA) is 102 Å². The molecule has 1 aliphatic heterocycles. The highest BCUT2D eigenvalue weighted by Crippen LogP contribution is 2.33. The fraction of sp³-hybridized carbons (Fsp3) is 0.217. The van der Waals surface area contributed by atoms with Gasteiger partial charge in [0, 0.05) is 19.0 Å². The first-order valence-corrected chi connectivity index (χ1v) is 12.7. The second-order valence-corrected chi connectivity index (χ2v) is 10.4. The molecule has 2 aromatic heterocycles. The highest BCUT2D eigenvalue weighted by molar-refractivity contribution is 7.89. The summed E-state index contributed by atoms with van der Waals surface area (Å²) in [5.41, 5.74) is 1.08. The molecule has 0 saturated carbocycles. The van der Waals surface area contributed by atoms with Gasteiger partial charge in [-0.1, -0.05) is 30.3 Å². The average Bonchev–Trinajstić information content (AvgIpc) is 3.16. The lowest BCUT2D eigenvalue weighted by atomic mass is 10.2. The Kier molecular flexibility index (Phi) is 5.88. The van der Waals surface area contributed by atoms with Crippen molar-refractivity contribution in [2.45, 2.75) is 24.4 Å². The highest BCUT2D eigenvalue weighted by Gasteiger charge is 2.28. The number of aromatic nitrogens is 2. The van der Waals surface area contributed by atoms with E-state index in [0.717, 1.165) is 12.0 Å². The van der Waals surface area contributed by atoms with Crippen LogP contribution in [0.1, 0.15) is 17.8 Å². The molecule has 170 valence electrons. The number of rotatable bonds is 6. The molecule has 0 radical (unpaired) electrons. The first kappa shape index (κ1) is 21.6. The summed E-state index contributed by atoms with van der Waals surface area (Å²) >= 11 is 1.30. The zero-order valence-corrected chi connectivity index (χ0v) is 19.2. The van der Waals surface area contributed by atoms with Crippen molar-refractivity contribution < 1.29 is 17.9 Å². The lowest BCUT2D eigenvalue weighted by Crippen LogP contribution is -2.31. The summed E-state index contributed by atoms with van der Waals surface area (Å²) in [5.74, 6) is 1.20. The fourth-order valence-electron chi connectivity index (χ4n) is 3.63. The smallest absolute Gasteiger partial charge is 0.268 e. The van der Waals surface area contributed by atoms with Gasteiger partial charge in [-0.3, -0.25) is 4.79 Å². The molecule has 8 nitrogen and oxygen atoms in total. The number of sulfonamides is 1. The molecule has 3 heterocycles. The van der Waals surface area contributed by atoms with Crippen molar-refractivity contribution in [2.24, 2.45) is 0 Å². The van der Waals surface area contributed by atoms with E-state index in [0.29, 0.717) is 34.9 Å². The second kappa shape index (κ2) is 8.97. The van der Waals surface area contributed by atoms with Gasteiger partial charge >= 0.3 is 0 Å². The van der Waals surface area contributed by atoms with E-state index in [1.54, 1.807) is 17.5 Å². The Bertz CT molecular complexity index is 1450. The molecular formula is C23H21N3O5S2. The van der Waals surface area contributed by atoms with Gasteiger partial charge < -0.3 is 14.5 Å². The molecule has 33 heavy (non-hydrogen) atoms. The largest absolute Gasteiger partial charge is 0.490 e. The third-order valence-electron chi connectivity index (χ3n) is 5.25. The van der Waals surface area contributed by atoms with Gasteiger partial charge in [0.15, 0.2) is 11.5 Å². The number of hydrogen-bond donors (Lipinski definition) is 1. The third kappa shape index (κ3) is 4.50. The molecule has 0 saturated heterocycles. The maximum absolute atomic E-state index is 13.7. The van der Waals surface area contributed by atoms with E-state index in [1.165, 1.54) is 27.8 Å². The van der Waals surface area contributed by atoms with Crippen LogP contribution in [-0.2, 0) is 23.1 Å². The number of ether oxygens (including phenoxy) is 2. The van der Waals surface area contributed by atoms with E-state index in [1.807, 2.05) is 30.3 Å². The van der Waals surface area contributed by atoms with Gasteiger partial charge in [-0.05, 0) is 29.1 Å². The van der Waals surface area contributed by atoms with Gasteiger partial charge in [-0.15, -0.1) is 11.3 Å². The summed E-state index contributed by atoms with van der Waals surface area (Å²) in [6, 6.07) is 15.7. The van der Waals surface area contributed by atoms with E-state index in [-0.39, 0.29) is 29.4 Å². The molecule has 1 N–H and O–H groups in total. The molecule has 0 spiro atoms. The van der Waals surface area contributed by atoms with Crippen LogP contribution in [0.15, 0.2) is 69.7 Å². The number of nitrogens with zero attached hydrogens (tertiary/aromatic N) is 2. The summed E-state index contributed by atoms with van der Waals surface area (Å²) < 4.78 is 40.6. The van der Waals surface area contributed by atoms with E-state index < -0.39 is 10.0 Å². The van der Waals surface area contributed by atoms with Crippen molar-refractivity contribution >= 4 is 31.6 Å². The summed E-state index contributed by atoms with van der Waals surface area (Å²) in [7, 11) is -3.96. The first-order chi connectivity index (χ1) is 16.0. The maximum atomic E-state index is 13.7. The summed E-state index contributed by atoms with van der Waals surface area (Å²) in [4.78, 5) is 19.7. The summed E-state index contributed by atoms with van der Waals surface area (Å²) in [6.45, 7) is 0.995. The molecule has 1 aliphatic rings. The minimum Gasteiger partial charge on any atom is -0.490 e. The zero-order chi connectivity index (χ0) is 22.8. The maximum Gasteiger partial charge on any atom is 0.268 e. The van der Waals surface area contributed by atoms with Crippen LogP contribution in [-0.4, -0.2) is 35.9 Å². The van der Waals surface area contributed by atoms with Crippen LogP contribution in [0.25, 0.3) is 10.2 Å². The molecule has 2 aromatic carbocycles. The van der Waals surface area contributed by atoms with Crippen LogP contribution in [0.3, 0.4) is 0 Å². The van der Waals surface area contributed by atoms with Crippen LogP contribution in [0.4, 0.5) is 0 Å². The minimum atomic E-state index is -3.96. The van der Waals surface area contributed by atoms with Crippen molar-refractivity contribution in [1.82, 2.24) is 14.3 Å². The fourth-order valence-corrected chi connectivity index (χ4v) is 5.76. The lowest BCUT2D eigenvalue weighted by Gasteiger charge is -2.22. The number of benzene rings is 2. The SMILES string of the molecule is O=c1[nH]c(CN(Cc2ccccc2)S(=O)(=O)c2ccc3c(c2)OCCCO3)nc2ccsc12. The molecule has 0 fully saturated rings. The van der Waals surface area contributed by atoms with Crippen LogP contribution < -0.4 is 15.0 Å². The van der Waals surface area contributed by atoms with Gasteiger partial charge in [0.1, 0.15) is 10.5 Å². The van der Waals surface area contributed by atoms with Gasteiger partial charge in [-0.2, -0.15) is 4.31 Å². The Labute approximate surface area is 194 Å². The Hall–Kier alpha value is -3.21. The van der Waals surface area contributed by atoms with E-state index >= 15 is 0 Å².